The predicted octanol–water partition coefficient (Wildman–Crippen LogP) is 1.61. The summed E-state index contributed by atoms with van der Waals surface area (Å²) in [4.78, 5) is 23.8. The highest BCUT2D eigenvalue weighted by molar-refractivity contribution is 7.89. The highest BCUT2D eigenvalue weighted by Gasteiger charge is 2.38. The van der Waals surface area contributed by atoms with E-state index in [0.29, 0.717) is 11.1 Å². The molecule has 0 saturated carbocycles. The number of benzene rings is 2. The molecule has 0 radical (unpaired) electrons. The third-order valence-electron chi connectivity index (χ3n) is 4.82. The lowest BCUT2D eigenvalue weighted by molar-refractivity contribution is -0.150. The lowest BCUT2D eigenvalue weighted by Gasteiger charge is -2.34. The summed E-state index contributed by atoms with van der Waals surface area (Å²) in [6, 6.07) is 13.0. The van der Waals surface area contributed by atoms with Gasteiger partial charge in [-0.05, 0) is 35.7 Å². The van der Waals surface area contributed by atoms with Gasteiger partial charge in [0.05, 0.1) is 5.75 Å². The van der Waals surface area contributed by atoms with Crippen molar-refractivity contribution < 1.29 is 22.7 Å². The van der Waals surface area contributed by atoms with Gasteiger partial charge in [0, 0.05) is 18.5 Å². The Kier molecular flexibility index (Phi) is 5.81. The molecule has 1 unspecified atom stereocenters. The van der Waals surface area contributed by atoms with Gasteiger partial charge in [-0.25, -0.2) is 8.42 Å². The standard InChI is InChI=1S/C20H22N2O5S/c1-2-28(25,26)22-12-17-6-4-3-5-16(17)11-18(22)20(24)27-13-14-7-9-15(10-8-14)19(21)23/h3-10,18H,2,11-13H2,1H3,(H2,21,23). The van der Waals surface area contributed by atoms with Gasteiger partial charge < -0.3 is 10.5 Å². The normalized spacial score (nSPS) is 17.0. The van der Waals surface area contributed by atoms with Crippen molar-refractivity contribution in [3.63, 3.8) is 0 Å². The second-order valence-corrected chi connectivity index (χ2v) is 8.81. The zero-order chi connectivity index (χ0) is 20.3. The topological polar surface area (TPSA) is 107 Å². The van der Waals surface area contributed by atoms with Gasteiger partial charge in [0.2, 0.25) is 15.9 Å². The van der Waals surface area contributed by atoms with Crippen LogP contribution in [0.4, 0.5) is 0 Å². The molecule has 2 N–H and O–H groups in total. The average Bonchev–Trinajstić information content (AvgIpc) is 2.71. The molecule has 0 fully saturated rings. The average molecular weight is 402 g/mol. The molecular formula is C20H22N2O5S. The highest BCUT2D eigenvalue weighted by Crippen LogP contribution is 2.27. The first-order valence-electron chi connectivity index (χ1n) is 8.93. The van der Waals surface area contributed by atoms with Crippen LogP contribution < -0.4 is 5.73 Å². The fraction of sp³-hybridized carbons (Fsp3) is 0.300. The monoisotopic (exact) mass is 402 g/mol. The van der Waals surface area contributed by atoms with Crippen molar-refractivity contribution in [1.29, 1.82) is 0 Å². The number of rotatable bonds is 6. The quantitative estimate of drug-likeness (QED) is 0.739. The Morgan fingerprint density at radius 1 is 1.11 bits per heavy atom. The minimum Gasteiger partial charge on any atom is -0.460 e. The van der Waals surface area contributed by atoms with Gasteiger partial charge in [0.1, 0.15) is 12.6 Å². The maximum absolute atomic E-state index is 12.7. The molecule has 1 aliphatic rings. The minimum atomic E-state index is -3.58. The molecule has 0 saturated heterocycles. The molecule has 0 aliphatic carbocycles. The summed E-state index contributed by atoms with van der Waals surface area (Å²) in [5.41, 5.74) is 8.08. The first-order chi connectivity index (χ1) is 13.3. The number of esters is 1. The molecule has 1 heterocycles. The molecule has 148 valence electrons. The number of primary amides is 1. The third kappa shape index (κ3) is 4.23. The number of sulfonamides is 1. The van der Waals surface area contributed by atoms with Crippen LogP contribution in [0.1, 0.15) is 34.0 Å². The van der Waals surface area contributed by atoms with Crippen LogP contribution >= 0.6 is 0 Å². The van der Waals surface area contributed by atoms with Crippen molar-refractivity contribution in [2.24, 2.45) is 5.73 Å². The summed E-state index contributed by atoms with van der Waals surface area (Å²) < 4.78 is 31.7. The van der Waals surface area contributed by atoms with Crippen molar-refractivity contribution in [2.45, 2.75) is 32.5 Å². The molecule has 28 heavy (non-hydrogen) atoms. The summed E-state index contributed by atoms with van der Waals surface area (Å²) in [5, 5.41) is 0. The molecule has 0 aromatic heterocycles. The molecule has 2 aromatic rings. The summed E-state index contributed by atoms with van der Waals surface area (Å²) in [6.07, 6.45) is 0.273. The summed E-state index contributed by atoms with van der Waals surface area (Å²) in [6.45, 7) is 1.69. The number of hydrogen-bond acceptors (Lipinski definition) is 5. The fourth-order valence-electron chi connectivity index (χ4n) is 3.17. The molecule has 0 spiro atoms. The summed E-state index contributed by atoms with van der Waals surface area (Å²) in [7, 11) is -3.58. The van der Waals surface area contributed by atoms with Gasteiger partial charge in [-0.1, -0.05) is 36.4 Å². The molecular weight excluding hydrogens is 380 g/mol. The van der Waals surface area contributed by atoms with E-state index in [1.165, 1.54) is 4.31 Å². The van der Waals surface area contributed by atoms with Crippen LogP contribution in [0.2, 0.25) is 0 Å². The Morgan fingerprint density at radius 3 is 2.36 bits per heavy atom. The molecule has 0 bridgehead atoms. The molecule has 1 atom stereocenters. The number of fused-ring (bicyclic) bond motifs is 1. The van der Waals surface area contributed by atoms with Crippen molar-refractivity contribution in [2.75, 3.05) is 5.75 Å². The molecule has 7 nitrogen and oxygen atoms in total. The zero-order valence-corrected chi connectivity index (χ0v) is 16.3. The Morgan fingerprint density at radius 2 is 1.75 bits per heavy atom. The zero-order valence-electron chi connectivity index (χ0n) is 15.5. The lowest BCUT2D eigenvalue weighted by atomic mass is 9.96. The maximum atomic E-state index is 12.7. The molecule has 3 rings (SSSR count). The number of hydrogen-bond donors (Lipinski definition) is 1. The van der Waals surface area contributed by atoms with E-state index in [1.54, 1.807) is 31.2 Å². The molecule has 2 aromatic carbocycles. The predicted molar refractivity (Wildman–Crippen MR) is 104 cm³/mol. The van der Waals surface area contributed by atoms with E-state index in [9.17, 15) is 18.0 Å². The summed E-state index contributed by atoms with van der Waals surface area (Å²) in [5.74, 6) is -1.22. The Hall–Kier alpha value is -2.71. The van der Waals surface area contributed by atoms with Crippen molar-refractivity contribution in [1.82, 2.24) is 4.31 Å². The van der Waals surface area contributed by atoms with E-state index in [0.717, 1.165) is 11.1 Å². The van der Waals surface area contributed by atoms with Crippen LogP contribution in [0.3, 0.4) is 0 Å². The van der Waals surface area contributed by atoms with E-state index in [2.05, 4.69) is 0 Å². The molecule has 1 aliphatic heterocycles. The van der Waals surface area contributed by atoms with Crippen LogP contribution in [0.15, 0.2) is 48.5 Å². The lowest BCUT2D eigenvalue weighted by Crippen LogP contribution is -2.49. The largest absolute Gasteiger partial charge is 0.460 e. The molecule has 8 heteroatoms. The van der Waals surface area contributed by atoms with Gasteiger partial charge in [-0.15, -0.1) is 0 Å². The number of carbonyl (C=O) groups is 2. The van der Waals surface area contributed by atoms with Crippen molar-refractivity contribution >= 4 is 21.9 Å². The van der Waals surface area contributed by atoms with E-state index >= 15 is 0 Å². The Balaban J connectivity index is 1.77. The van der Waals surface area contributed by atoms with Crippen LogP contribution in [-0.2, 0) is 39.1 Å². The number of amides is 1. The second-order valence-electron chi connectivity index (χ2n) is 6.60. The SMILES string of the molecule is CCS(=O)(=O)N1Cc2ccccc2CC1C(=O)OCc1ccc(C(N)=O)cc1. The van der Waals surface area contributed by atoms with Crippen LogP contribution in [0.5, 0.6) is 0 Å². The van der Waals surface area contributed by atoms with Gasteiger partial charge in [0.25, 0.3) is 0 Å². The minimum absolute atomic E-state index is 0.0178. The van der Waals surface area contributed by atoms with Gasteiger partial charge >= 0.3 is 5.97 Å². The Labute approximate surface area is 164 Å². The van der Waals surface area contributed by atoms with Crippen LogP contribution in [0.25, 0.3) is 0 Å². The highest BCUT2D eigenvalue weighted by atomic mass is 32.2. The second kappa shape index (κ2) is 8.12. The van der Waals surface area contributed by atoms with E-state index in [1.807, 2.05) is 24.3 Å². The van der Waals surface area contributed by atoms with Gasteiger partial charge in [0.15, 0.2) is 0 Å². The number of ether oxygens (including phenoxy) is 1. The van der Waals surface area contributed by atoms with Crippen molar-refractivity contribution in [3.8, 4) is 0 Å². The number of nitrogens with two attached hydrogens (primary N) is 1. The summed E-state index contributed by atoms with van der Waals surface area (Å²) >= 11 is 0. The first kappa shape index (κ1) is 20.0. The third-order valence-corrected chi connectivity index (χ3v) is 6.65. The van der Waals surface area contributed by atoms with Gasteiger partial charge in [-0.3, -0.25) is 9.59 Å². The van der Waals surface area contributed by atoms with Crippen molar-refractivity contribution in [3.05, 3.63) is 70.8 Å². The smallest absolute Gasteiger partial charge is 0.325 e. The van der Waals surface area contributed by atoms with E-state index in [-0.39, 0.29) is 25.3 Å². The van der Waals surface area contributed by atoms with E-state index in [4.69, 9.17) is 10.5 Å². The fourth-order valence-corrected chi connectivity index (χ4v) is 4.39. The van der Waals surface area contributed by atoms with Crippen LogP contribution in [-0.4, -0.2) is 36.4 Å². The van der Waals surface area contributed by atoms with Gasteiger partial charge in [-0.2, -0.15) is 4.31 Å². The maximum Gasteiger partial charge on any atom is 0.325 e. The number of carbonyl (C=O) groups excluding carboxylic acids is 2. The Bertz CT molecular complexity index is 986. The first-order valence-corrected chi connectivity index (χ1v) is 10.5. The molecule has 1 amide bonds. The number of nitrogens with zero attached hydrogens (tertiary/aromatic N) is 1. The van der Waals surface area contributed by atoms with Crippen LogP contribution in [0, 0.1) is 0 Å². The van der Waals surface area contributed by atoms with E-state index < -0.39 is 27.9 Å².